The van der Waals surface area contributed by atoms with Crippen molar-refractivity contribution in [3.05, 3.63) is 47.5 Å². The predicted octanol–water partition coefficient (Wildman–Crippen LogP) is 1.89. The van der Waals surface area contributed by atoms with Crippen molar-refractivity contribution in [2.45, 2.75) is 44.1 Å². The van der Waals surface area contributed by atoms with Crippen LogP contribution in [0.3, 0.4) is 0 Å². The fourth-order valence-electron chi connectivity index (χ4n) is 4.56. The van der Waals surface area contributed by atoms with Gasteiger partial charge in [-0.05, 0) is 30.5 Å². The molecule has 0 radical (unpaired) electrons. The number of hydrogen-bond acceptors (Lipinski definition) is 4. The number of ether oxygens (including phenoxy) is 1. The number of nitrogens with zero attached hydrogens (tertiary/aromatic N) is 3. The van der Waals surface area contributed by atoms with Crippen LogP contribution in [-0.2, 0) is 23.2 Å². The summed E-state index contributed by atoms with van der Waals surface area (Å²) in [6, 6.07) is 7.94. The van der Waals surface area contributed by atoms with Gasteiger partial charge in [0, 0.05) is 32.3 Å². The van der Waals surface area contributed by atoms with Crippen LogP contribution in [0, 0.1) is 0 Å². The van der Waals surface area contributed by atoms with Crippen LogP contribution < -0.4 is 10.5 Å². The van der Waals surface area contributed by atoms with E-state index in [0.29, 0.717) is 31.7 Å². The smallest absolute Gasteiger partial charge is 0.268 e. The number of rotatable bonds is 4. The molecule has 2 heterocycles. The van der Waals surface area contributed by atoms with Crippen molar-refractivity contribution in [2.75, 3.05) is 20.2 Å². The van der Waals surface area contributed by atoms with Crippen LogP contribution >= 0.6 is 0 Å². The van der Waals surface area contributed by atoms with Gasteiger partial charge in [-0.2, -0.15) is 0 Å². The van der Waals surface area contributed by atoms with Crippen molar-refractivity contribution in [1.29, 1.82) is 0 Å². The first kappa shape index (κ1) is 18.5. The minimum Gasteiger partial charge on any atom is -0.497 e. The van der Waals surface area contributed by atoms with Gasteiger partial charge >= 0.3 is 0 Å². The summed E-state index contributed by atoms with van der Waals surface area (Å²) in [5, 5.41) is 0. The fraction of sp³-hybridized carbons (Fsp3) is 0.476. The van der Waals surface area contributed by atoms with Gasteiger partial charge in [-0.15, -0.1) is 0 Å². The Labute approximate surface area is 164 Å². The summed E-state index contributed by atoms with van der Waals surface area (Å²) in [5.41, 5.74) is 6.26. The predicted molar refractivity (Wildman–Crippen MR) is 104 cm³/mol. The third-order valence-electron chi connectivity index (χ3n) is 6.12. The Morgan fingerprint density at radius 2 is 1.82 bits per heavy atom. The second kappa shape index (κ2) is 7.30. The molecular formula is C21H26N4O3. The Balaban J connectivity index is 1.56. The zero-order valence-corrected chi connectivity index (χ0v) is 16.2. The molecule has 1 aliphatic heterocycles. The molecule has 0 saturated heterocycles. The number of nitrogens with two attached hydrogens (primary N) is 1. The lowest BCUT2D eigenvalue weighted by Gasteiger charge is -2.34. The Bertz CT molecular complexity index is 856. The van der Waals surface area contributed by atoms with Gasteiger partial charge in [0.15, 0.2) is 0 Å². The zero-order chi connectivity index (χ0) is 19.7. The molecule has 1 fully saturated rings. The van der Waals surface area contributed by atoms with E-state index in [1.54, 1.807) is 13.3 Å². The highest BCUT2D eigenvalue weighted by Crippen LogP contribution is 2.43. The van der Waals surface area contributed by atoms with Gasteiger partial charge in [0.2, 0.25) is 5.91 Å². The van der Waals surface area contributed by atoms with Gasteiger partial charge < -0.3 is 19.9 Å². The van der Waals surface area contributed by atoms with E-state index in [0.717, 1.165) is 42.8 Å². The van der Waals surface area contributed by atoms with E-state index < -0.39 is 11.3 Å². The Hall–Kier alpha value is -2.83. The van der Waals surface area contributed by atoms with Crippen molar-refractivity contribution in [3.63, 3.8) is 0 Å². The van der Waals surface area contributed by atoms with Crippen LogP contribution in [0.2, 0.25) is 0 Å². The molecule has 1 aromatic carbocycles. The zero-order valence-electron chi connectivity index (χ0n) is 16.2. The quantitative estimate of drug-likeness (QED) is 0.874. The lowest BCUT2D eigenvalue weighted by Crippen LogP contribution is -2.46. The molecule has 1 saturated carbocycles. The molecule has 7 heteroatoms. The number of aromatic nitrogens is 2. The van der Waals surface area contributed by atoms with Crippen LogP contribution in [0.25, 0.3) is 0 Å². The SMILES string of the molecule is COc1ccc(C2(C(=O)N3CCc4nc(C(N)=O)cn4CC3)CCCC2)cc1. The van der Waals surface area contributed by atoms with Crippen molar-refractivity contribution >= 4 is 11.8 Å². The third-order valence-corrected chi connectivity index (χ3v) is 6.12. The number of benzene rings is 1. The maximum absolute atomic E-state index is 13.7. The summed E-state index contributed by atoms with van der Waals surface area (Å²) in [4.78, 5) is 31.3. The average molecular weight is 382 g/mol. The molecule has 148 valence electrons. The Kier molecular flexibility index (Phi) is 4.83. The third kappa shape index (κ3) is 3.15. The number of primary amides is 1. The van der Waals surface area contributed by atoms with E-state index in [1.165, 1.54) is 0 Å². The molecule has 1 aliphatic carbocycles. The van der Waals surface area contributed by atoms with Gasteiger partial charge in [-0.3, -0.25) is 9.59 Å². The van der Waals surface area contributed by atoms with Crippen molar-refractivity contribution in [1.82, 2.24) is 14.5 Å². The summed E-state index contributed by atoms with van der Waals surface area (Å²) >= 11 is 0. The number of carbonyl (C=O) groups excluding carboxylic acids is 2. The summed E-state index contributed by atoms with van der Waals surface area (Å²) in [6.07, 6.45) is 6.21. The van der Waals surface area contributed by atoms with Crippen LogP contribution in [0.15, 0.2) is 30.5 Å². The van der Waals surface area contributed by atoms with Crippen LogP contribution in [0.1, 0.15) is 47.6 Å². The summed E-state index contributed by atoms with van der Waals surface area (Å²) in [5.74, 6) is 1.30. The number of imidazole rings is 1. The van der Waals surface area contributed by atoms with E-state index in [1.807, 2.05) is 33.7 Å². The first-order valence-corrected chi connectivity index (χ1v) is 9.83. The van der Waals surface area contributed by atoms with Crippen molar-refractivity contribution < 1.29 is 14.3 Å². The number of amides is 2. The summed E-state index contributed by atoms with van der Waals surface area (Å²) in [6.45, 7) is 1.84. The fourth-order valence-corrected chi connectivity index (χ4v) is 4.56. The Morgan fingerprint density at radius 3 is 2.46 bits per heavy atom. The highest BCUT2D eigenvalue weighted by Gasteiger charge is 2.45. The van der Waals surface area contributed by atoms with E-state index in [9.17, 15) is 9.59 Å². The standard InChI is InChI=1S/C21H26N4O3/c1-28-16-6-4-15(5-7-16)21(9-2-3-10-21)20(27)24-11-8-18-23-17(19(22)26)14-25(18)13-12-24/h4-7,14H,2-3,8-13H2,1H3,(H2,22,26). The highest BCUT2D eigenvalue weighted by atomic mass is 16.5. The molecule has 0 spiro atoms. The molecule has 2 N–H and O–H groups in total. The lowest BCUT2D eigenvalue weighted by atomic mass is 9.77. The molecule has 2 aromatic rings. The molecule has 0 unspecified atom stereocenters. The maximum Gasteiger partial charge on any atom is 0.268 e. The highest BCUT2D eigenvalue weighted by molar-refractivity contribution is 5.90. The topological polar surface area (TPSA) is 90.5 Å². The molecule has 0 bridgehead atoms. The van der Waals surface area contributed by atoms with E-state index in [4.69, 9.17) is 10.5 Å². The second-order valence-electron chi connectivity index (χ2n) is 7.66. The molecule has 2 aliphatic rings. The average Bonchev–Trinajstić information content (AvgIpc) is 3.32. The van der Waals surface area contributed by atoms with Gasteiger partial charge in [-0.25, -0.2) is 4.98 Å². The van der Waals surface area contributed by atoms with E-state index in [-0.39, 0.29) is 5.91 Å². The monoisotopic (exact) mass is 382 g/mol. The van der Waals surface area contributed by atoms with Crippen LogP contribution in [-0.4, -0.2) is 46.5 Å². The van der Waals surface area contributed by atoms with Crippen molar-refractivity contribution in [2.24, 2.45) is 5.73 Å². The molecule has 7 nitrogen and oxygen atoms in total. The van der Waals surface area contributed by atoms with Crippen LogP contribution in [0.4, 0.5) is 0 Å². The first-order valence-electron chi connectivity index (χ1n) is 9.83. The summed E-state index contributed by atoms with van der Waals surface area (Å²) < 4.78 is 7.22. The lowest BCUT2D eigenvalue weighted by molar-refractivity contribution is -0.137. The number of hydrogen-bond donors (Lipinski definition) is 1. The molecule has 2 amide bonds. The summed E-state index contributed by atoms with van der Waals surface area (Å²) in [7, 11) is 1.65. The van der Waals surface area contributed by atoms with Gasteiger partial charge in [0.25, 0.3) is 5.91 Å². The normalized spacial score (nSPS) is 18.4. The van der Waals surface area contributed by atoms with E-state index in [2.05, 4.69) is 4.98 Å². The number of fused-ring (bicyclic) bond motifs is 1. The first-order chi connectivity index (χ1) is 13.5. The molecule has 0 atom stereocenters. The molecule has 28 heavy (non-hydrogen) atoms. The van der Waals surface area contributed by atoms with Crippen molar-refractivity contribution in [3.8, 4) is 5.75 Å². The largest absolute Gasteiger partial charge is 0.497 e. The number of methoxy groups -OCH3 is 1. The van der Waals surface area contributed by atoms with Crippen LogP contribution in [0.5, 0.6) is 5.75 Å². The van der Waals surface area contributed by atoms with Gasteiger partial charge in [0.05, 0.1) is 12.5 Å². The Morgan fingerprint density at radius 1 is 1.11 bits per heavy atom. The molecule has 1 aromatic heterocycles. The molecule has 4 rings (SSSR count). The number of carbonyl (C=O) groups is 2. The van der Waals surface area contributed by atoms with E-state index >= 15 is 0 Å². The minimum atomic E-state index is -0.516. The maximum atomic E-state index is 13.7. The minimum absolute atomic E-state index is 0.205. The van der Waals surface area contributed by atoms with Gasteiger partial charge in [0.1, 0.15) is 17.3 Å². The van der Waals surface area contributed by atoms with Gasteiger partial charge in [-0.1, -0.05) is 25.0 Å². The second-order valence-corrected chi connectivity index (χ2v) is 7.66. The molecular weight excluding hydrogens is 356 g/mol.